The Labute approximate surface area is 178 Å². The van der Waals surface area contributed by atoms with Crippen LogP contribution < -0.4 is 0 Å². The van der Waals surface area contributed by atoms with Gasteiger partial charge in [0.15, 0.2) is 0 Å². The van der Waals surface area contributed by atoms with E-state index in [1.807, 2.05) is 6.20 Å². The van der Waals surface area contributed by atoms with Crippen molar-refractivity contribution in [3.63, 3.8) is 0 Å². The quantitative estimate of drug-likeness (QED) is 0.255. The number of halogens is 1. The molecule has 152 valence electrons. The lowest BCUT2D eigenvalue weighted by Gasteiger charge is -2.06. The first-order valence-electron chi connectivity index (χ1n) is 11.2. The molecule has 0 fully saturated rings. The molecule has 2 heteroatoms. The molecule has 0 bridgehead atoms. The number of nitrogens with zero attached hydrogens (tertiary/aromatic N) is 1. The van der Waals surface area contributed by atoms with Gasteiger partial charge in [0, 0.05) is 17.3 Å². The van der Waals surface area contributed by atoms with Crippen LogP contribution in [0.1, 0.15) is 103 Å². The number of hydrogen-bond donors (Lipinski definition) is 0. The molecule has 1 aromatic heterocycles. The molecule has 0 aliphatic rings. The maximum atomic E-state index is 4.61. The van der Waals surface area contributed by atoms with Crippen molar-refractivity contribution in [3.05, 3.63) is 42.2 Å². The van der Waals surface area contributed by atoms with Gasteiger partial charge in [0.05, 0.1) is 0 Å². The second-order valence-electron chi connectivity index (χ2n) is 7.82. The minimum absolute atomic E-state index is 0. The summed E-state index contributed by atoms with van der Waals surface area (Å²) in [5.74, 6) is 0. The number of hydrogen-bond acceptors (Lipinski definition) is 1. The summed E-state index contributed by atoms with van der Waals surface area (Å²) in [4.78, 5) is 4.61. The highest BCUT2D eigenvalue weighted by Crippen LogP contribution is 2.19. The summed E-state index contributed by atoms with van der Waals surface area (Å²) in [6, 6.07) is 10.7. The number of fused-ring (bicyclic) bond motifs is 1. The average Bonchev–Trinajstić information content (AvgIpc) is 2.68. The van der Waals surface area contributed by atoms with Crippen LogP contribution in [0.2, 0.25) is 0 Å². The van der Waals surface area contributed by atoms with Gasteiger partial charge in [0.2, 0.25) is 0 Å². The van der Waals surface area contributed by atoms with Crippen LogP contribution in [0.3, 0.4) is 0 Å². The lowest BCUT2D eigenvalue weighted by Crippen LogP contribution is -1.92. The second kappa shape index (κ2) is 16.1. The van der Waals surface area contributed by atoms with E-state index in [1.54, 1.807) is 0 Å². The number of aryl methyl sites for hydroxylation is 1. The normalized spacial score (nSPS) is 10.9. The smallest absolute Gasteiger partial charge is 0.0481 e. The third-order valence-electron chi connectivity index (χ3n) is 5.52. The van der Waals surface area contributed by atoms with Crippen LogP contribution in [0.5, 0.6) is 0 Å². The van der Waals surface area contributed by atoms with Gasteiger partial charge in [0.25, 0.3) is 0 Å². The maximum Gasteiger partial charge on any atom is 0.0481 e. The van der Waals surface area contributed by atoms with Crippen molar-refractivity contribution >= 4 is 27.8 Å². The molecule has 0 spiro atoms. The van der Waals surface area contributed by atoms with E-state index in [4.69, 9.17) is 0 Å². The van der Waals surface area contributed by atoms with Crippen molar-refractivity contribution in [3.8, 4) is 0 Å². The number of aromatic nitrogens is 1. The first-order valence-corrected chi connectivity index (χ1v) is 11.2. The number of benzene rings is 1. The Kier molecular flexibility index (Phi) is 14.4. The molecular weight excluding hydrogens is 394 g/mol. The summed E-state index contributed by atoms with van der Waals surface area (Å²) in [5, 5.41) is 2.66. The zero-order valence-electron chi connectivity index (χ0n) is 17.4. The van der Waals surface area contributed by atoms with Crippen LogP contribution in [0.4, 0.5) is 0 Å². The minimum Gasteiger partial charge on any atom is -0.261 e. The van der Waals surface area contributed by atoms with Crippen molar-refractivity contribution in [2.45, 2.75) is 103 Å². The van der Waals surface area contributed by atoms with Gasteiger partial charge >= 0.3 is 0 Å². The van der Waals surface area contributed by atoms with E-state index in [0.29, 0.717) is 0 Å². The summed E-state index contributed by atoms with van der Waals surface area (Å²) in [7, 11) is 0. The Morgan fingerprint density at radius 1 is 0.630 bits per heavy atom. The van der Waals surface area contributed by atoms with Gasteiger partial charge in [-0.25, -0.2) is 0 Å². The molecule has 1 aromatic carbocycles. The fraction of sp³-hybridized carbons (Fsp3) is 0.640. The van der Waals surface area contributed by atoms with E-state index in [1.165, 1.54) is 106 Å². The topological polar surface area (TPSA) is 12.9 Å². The fourth-order valence-electron chi connectivity index (χ4n) is 3.87. The lowest BCUT2D eigenvalue weighted by atomic mass is 10.0. The van der Waals surface area contributed by atoms with Gasteiger partial charge < -0.3 is 0 Å². The summed E-state index contributed by atoms with van der Waals surface area (Å²) >= 11 is 0. The third-order valence-corrected chi connectivity index (χ3v) is 5.52. The minimum atomic E-state index is 0. The van der Waals surface area contributed by atoms with Gasteiger partial charge in [-0.1, -0.05) is 115 Å². The Morgan fingerprint density at radius 3 is 1.74 bits per heavy atom. The molecule has 0 amide bonds. The van der Waals surface area contributed by atoms with E-state index in [-0.39, 0.29) is 17.0 Å². The molecule has 0 unspecified atom stereocenters. The third kappa shape index (κ3) is 10.3. The van der Waals surface area contributed by atoms with Gasteiger partial charge in [-0.15, -0.1) is 17.0 Å². The molecule has 0 atom stereocenters. The first kappa shape index (κ1) is 24.1. The number of rotatable bonds is 15. The van der Waals surface area contributed by atoms with Crippen molar-refractivity contribution in [2.75, 3.05) is 0 Å². The van der Waals surface area contributed by atoms with E-state index in [2.05, 4.69) is 42.2 Å². The average molecular weight is 435 g/mol. The van der Waals surface area contributed by atoms with Crippen molar-refractivity contribution < 1.29 is 0 Å². The van der Waals surface area contributed by atoms with Crippen LogP contribution in [-0.4, -0.2) is 4.98 Å². The molecule has 1 heterocycles. The molecule has 0 radical (unpaired) electrons. The Hall–Kier alpha value is -0.890. The van der Waals surface area contributed by atoms with Gasteiger partial charge in [-0.3, -0.25) is 4.98 Å². The largest absolute Gasteiger partial charge is 0.261 e. The van der Waals surface area contributed by atoms with Crippen molar-refractivity contribution in [2.24, 2.45) is 0 Å². The molecule has 0 aliphatic carbocycles. The summed E-state index contributed by atoms with van der Waals surface area (Å²) in [5.41, 5.74) is 1.28. The maximum absolute atomic E-state index is 4.61. The predicted molar refractivity (Wildman–Crippen MR) is 126 cm³/mol. The standard InChI is InChI=1S/C25H39N.BrH/c1-2-3-4-5-6-7-8-9-10-11-12-13-14-15-20-25-24-19-17-16-18-23(24)21-22-26-25;/h16-19,21-22H,2-15,20H2,1H3;1H. The molecule has 0 aliphatic heterocycles. The van der Waals surface area contributed by atoms with Crippen molar-refractivity contribution in [1.82, 2.24) is 4.98 Å². The van der Waals surface area contributed by atoms with Crippen molar-refractivity contribution in [1.29, 1.82) is 0 Å². The van der Waals surface area contributed by atoms with E-state index < -0.39 is 0 Å². The molecule has 2 aromatic rings. The molecule has 0 saturated heterocycles. The van der Waals surface area contributed by atoms with Crippen LogP contribution in [0.15, 0.2) is 36.5 Å². The predicted octanol–water partition coefficient (Wildman–Crippen LogP) is 8.84. The fourth-order valence-corrected chi connectivity index (χ4v) is 3.87. The van der Waals surface area contributed by atoms with Crippen LogP contribution in [0, 0.1) is 0 Å². The highest BCUT2D eigenvalue weighted by molar-refractivity contribution is 8.93. The van der Waals surface area contributed by atoms with Gasteiger partial charge in [0.1, 0.15) is 0 Å². The molecule has 2 rings (SSSR count). The zero-order valence-corrected chi connectivity index (χ0v) is 19.1. The summed E-state index contributed by atoms with van der Waals surface area (Å²) in [6.45, 7) is 2.29. The highest BCUT2D eigenvalue weighted by atomic mass is 79.9. The molecule has 0 saturated carbocycles. The van der Waals surface area contributed by atoms with Crippen LogP contribution >= 0.6 is 17.0 Å². The van der Waals surface area contributed by atoms with Gasteiger partial charge in [-0.2, -0.15) is 0 Å². The van der Waals surface area contributed by atoms with Crippen LogP contribution in [0.25, 0.3) is 10.8 Å². The Bertz CT molecular complexity index is 590. The molecule has 0 N–H and O–H groups in total. The number of unbranched alkanes of at least 4 members (excludes halogenated alkanes) is 13. The number of pyridine rings is 1. The summed E-state index contributed by atoms with van der Waals surface area (Å²) < 4.78 is 0. The summed E-state index contributed by atoms with van der Waals surface area (Å²) in [6.07, 6.45) is 22.9. The van der Waals surface area contributed by atoms with Crippen LogP contribution in [-0.2, 0) is 6.42 Å². The van der Waals surface area contributed by atoms with E-state index >= 15 is 0 Å². The SMILES string of the molecule is Br.CCCCCCCCCCCCCCCCc1nccc2ccccc12. The lowest BCUT2D eigenvalue weighted by molar-refractivity contribution is 0.535. The molecule has 1 nitrogen and oxygen atoms in total. The van der Waals surface area contributed by atoms with E-state index in [9.17, 15) is 0 Å². The molecular formula is C25H40BrN. The van der Waals surface area contributed by atoms with Gasteiger partial charge in [-0.05, 0) is 24.3 Å². The molecule has 27 heavy (non-hydrogen) atoms. The monoisotopic (exact) mass is 433 g/mol. The second-order valence-corrected chi connectivity index (χ2v) is 7.82. The first-order chi connectivity index (χ1) is 12.9. The zero-order chi connectivity index (χ0) is 18.3. The Morgan fingerprint density at radius 2 is 1.15 bits per heavy atom. The van der Waals surface area contributed by atoms with E-state index in [0.717, 1.165) is 6.42 Å². The highest BCUT2D eigenvalue weighted by Gasteiger charge is 2.01. The Balaban J connectivity index is 0.00000364.